The predicted octanol–water partition coefficient (Wildman–Crippen LogP) is 1.84. The summed E-state index contributed by atoms with van der Waals surface area (Å²) in [5, 5.41) is 5.81. The molecule has 0 bridgehead atoms. The van der Waals surface area contributed by atoms with Gasteiger partial charge in [-0.15, -0.1) is 11.3 Å². The van der Waals surface area contributed by atoms with Gasteiger partial charge in [0, 0.05) is 30.0 Å². The Morgan fingerprint density at radius 1 is 1.56 bits per heavy atom. The highest BCUT2D eigenvalue weighted by Gasteiger charge is 2.37. The van der Waals surface area contributed by atoms with Crippen molar-refractivity contribution >= 4 is 11.3 Å². The predicted molar refractivity (Wildman–Crippen MR) is 64.7 cm³/mol. The van der Waals surface area contributed by atoms with Gasteiger partial charge in [-0.25, -0.2) is 4.98 Å². The van der Waals surface area contributed by atoms with E-state index in [9.17, 15) is 0 Å². The van der Waals surface area contributed by atoms with Crippen molar-refractivity contribution in [3.8, 4) is 0 Å². The van der Waals surface area contributed by atoms with Crippen LogP contribution in [0.3, 0.4) is 0 Å². The number of thiazole rings is 1. The molecule has 1 saturated heterocycles. The summed E-state index contributed by atoms with van der Waals surface area (Å²) in [4.78, 5) is 4.40. The van der Waals surface area contributed by atoms with E-state index in [1.54, 1.807) is 11.3 Å². The van der Waals surface area contributed by atoms with Gasteiger partial charge >= 0.3 is 0 Å². The highest BCUT2D eigenvalue weighted by atomic mass is 32.1. The molecule has 1 atom stereocenters. The van der Waals surface area contributed by atoms with E-state index in [0.717, 1.165) is 32.2 Å². The minimum atomic E-state index is 0.302. The van der Waals surface area contributed by atoms with E-state index >= 15 is 0 Å². The molecule has 0 aromatic carbocycles. The summed E-state index contributed by atoms with van der Waals surface area (Å²) in [5.74, 6) is 0. The summed E-state index contributed by atoms with van der Waals surface area (Å²) in [7, 11) is 0. The van der Waals surface area contributed by atoms with E-state index < -0.39 is 0 Å². The lowest BCUT2D eigenvalue weighted by Crippen LogP contribution is -2.37. The Bertz CT molecular complexity index is 329. The van der Waals surface area contributed by atoms with Crippen LogP contribution in [0, 0.1) is 5.41 Å². The van der Waals surface area contributed by atoms with Crippen molar-refractivity contribution in [1.29, 1.82) is 0 Å². The fraction of sp³-hybridized carbons (Fsp3) is 0.750. The van der Waals surface area contributed by atoms with Crippen molar-refractivity contribution in [1.82, 2.24) is 10.3 Å². The molecule has 1 aliphatic carbocycles. The van der Waals surface area contributed by atoms with Crippen molar-refractivity contribution in [2.75, 3.05) is 19.8 Å². The van der Waals surface area contributed by atoms with Crippen molar-refractivity contribution in [2.24, 2.45) is 5.41 Å². The summed E-state index contributed by atoms with van der Waals surface area (Å²) in [5.41, 5.74) is 3.46. The zero-order valence-corrected chi connectivity index (χ0v) is 10.3. The summed E-state index contributed by atoms with van der Waals surface area (Å²) in [6.07, 6.45) is 4.95. The molecule has 3 nitrogen and oxygen atoms in total. The first-order valence-corrected chi connectivity index (χ1v) is 6.99. The van der Waals surface area contributed by atoms with Gasteiger partial charge in [0.05, 0.1) is 17.8 Å². The fourth-order valence-electron chi connectivity index (χ4n) is 2.35. The molecule has 0 radical (unpaired) electrons. The Balaban J connectivity index is 1.63. The number of nitrogens with zero attached hydrogens (tertiary/aromatic N) is 1. The summed E-state index contributed by atoms with van der Waals surface area (Å²) in [6, 6.07) is 0.785. The fourth-order valence-corrected chi connectivity index (χ4v) is 2.91. The molecule has 1 aromatic heterocycles. The van der Waals surface area contributed by atoms with Gasteiger partial charge in [-0.05, 0) is 25.7 Å². The first-order chi connectivity index (χ1) is 7.86. The summed E-state index contributed by atoms with van der Waals surface area (Å²) >= 11 is 1.69. The van der Waals surface area contributed by atoms with E-state index in [2.05, 4.69) is 15.7 Å². The topological polar surface area (TPSA) is 34.2 Å². The van der Waals surface area contributed by atoms with Crippen molar-refractivity contribution in [3.63, 3.8) is 0 Å². The monoisotopic (exact) mass is 238 g/mol. The Hall–Kier alpha value is -0.450. The standard InChI is InChI=1S/C12H18N2OS/c1-2-10(1)13-7-12(3-4-15-8-12)5-11-6-16-9-14-11/h6,9-10,13H,1-5,7-8H2. The lowest BCUT2D eigenvalue weighted by Gasteiger charge is -2.27. The molecule has 2 aliphatic rings. The van der Waals surface area contributed by atoms with Crippen LogP contribution < -0.4 is 5.32 Å². The van der Waals surface area contributed by atoms with Crippen LogP contribution in [0.1, 0.15) is 25.0 Å². The zero-order chi connectivity index (χ0) is 10.8. The van der Waals surface area contributed by atoms with Crippen LogP contribution in [0.5, 0.6) is 0 Å². The Kier molecular flexibility index (Phi) is 2.96. The van der Waals surface area contributed by atoms with E-state index in [4.69, 9.17) is 4.74 Å². The lowest BCUT2D eigenvalue weighted by molar-refractivity contribution is 0.148. The zero-order valence-electron chi connectivity index (χ0n) is 9.45. The van der Waals surface area contributed by atoms with Crippen molar-refractivity contribution < 1.29 is 4.74 Å². The van der Waals surface area contributed by atoms with Crippen LogP contribution in [0.15, 0.2) is 10.9 Å². The van der Waals surface area contributed by atoms with E-state index in [1.165, 1.54) is 25.0 Å². The molecule has 1 N–H and O–H groups in total. The average molecular weight is 238 g/mol. The largest absolute Gasteiger partial charge is 0.381 e. The molecule has 0 spiro atoms. The van der Waals surface area contributed by atoms with Crippen LogP contribution >= 0.6 is 11.3 Å². The van der Waals surface area contributed by atoms with E-state index in [-0.39, 0.29) is 0 Å². The molecule has 0 amide bonds. The molecular weight excluding hydrogens is 220 g/mol. The molecule has 88 valence electrons. The maximum absolute atomic E-state index is 5.60. The molecular formula is C12H18N2OS. The van der Waals surface area contributed by atoms with Gasteiger partial charge in [0.15, 0.2) is 0 Å². The molecule has 16 heavy (non-hydrogen) atoms. The number of hydrogen-bond acceptors (Lipinski definition) is 4. The molecule has 1 aromatic rings. The van der Waals surface area contributed by atoms with Crippen molar-refractivity contribution in [2.45, 2.75) is 31.7 Å². The van der Waals surface area contributed by atoms with Crippen molar-refractivity contribution in [3.05, 3.63) is 16.6 Å². The number of nitrogens with one attached hydrogen (secondary N) is 1. The molecule has 2 heterocycles. The summed E-state index contributed by atoms with van der Waals surface area (Å²) < 4.78 is 5.60. The van der Waals surface area contributed by atoms with E-state index in [1.807, 2.05) is 5.51 Å². The highest BCUT2D eigenvalue weighted by molar-refractivity contribution is 7.07. The van der Waals surface area contributed by atoms with Gasteiger partial charge in [-0.2, -0.15) is 0 Å². The normalized spacial score (nSPS) is 29.8. The Morgan fingerprint density at radius 2 is 2.50 bits per heavy atom. The molecule has 1 unspecified atom stereocenters. The van der Waals surface area contributed by atoms with Crippen LogP contribution in [0.2, 0.25) is 0 Å². The molecule has 2 fully saturated rings. The smallest absolute Gasteiger partial charge is 0.0794 e. The second kappa shape index (κ2) is 4.43. The second-order valence-electron chi connectivity index (χ2n) is 5.11. The Morgan fingerprint density at radius 3 is 3.12 bits per heavy atom. The van der Waals surface area contributed by atoms with Crippen LogP contribution in [-0.2, 0) is 11.2 Å². The van der Waals surface area contributed by atoms with Gasteiger partial charge in [-0.3, -0.25) is 0 Å². The highest BCUT2D eigenvalue weighted by Crippen LogP contribution is 2.33. The number of aromatic nitrogens is 1. The minimum absolute atomic E-state index is 0.302. The van der Waals surface area contributed by atoms with E-state index in [0.29, 0.717) is 5.41 Å². The molecule has 1 aliphatic heterocycles. The van der Waals surface area contributed by atoms with Gasteiger partial charge in [0.1, 0.15) is 0 Å². The number of hydrogen-bond donors (Lipinski definition) is 1. The number of ether oxygens (including phenoxy) is 1. The Labute approximate surface area is 100 Å². The van der Waals surface area contributed by atoms with Crippen LogP contribution in [0.4, 0.5) is 0 Å². The lowest BCUT2D eigenvalue weighted by atomic mass is 9.82. The maximum Gasteiger partial charge on any atom is 0.0794 e. The third-order valence-corrected chi connectivity index (χ3v) is 4.20. The maximum atomic E-state index is 5.60. The van der Waals surface area contributed by atoms with Crippen LogP contribution in [-0.4, -0.2) is 30.8 Å². The van der Waals surface area contributed by atoms with Gasteiger partial charge in [0.25, 0.3) is 0 Å². The SMILES string of the molecule is c1nc(CC2(CNC3CC3)CCOC2)cs1. The van der Waals surface area contributed by atoms with Crippen LogP contribution in [0.25, 0.3) is 0 Å². The second-order valence-corrected chi connectivity index (χ2v) is 5.83. The molecule has 1 saturated carbocycles. The average Bonchev–Trinajstić information content (AvgIpc) is 2.78. The first-order valence-electron chi connectivity index (χ1n) is 6.05. The third kappa shape index (κ3) is 2.44. The first kappa shape index (κ1) is 10.7. The molecule has 4 heteroatoms. The van der Waals surface area contributed by atoms with Gasteiger partial charge < -0.3 is 10.1 Å². The number of rotatable bonds is 5. The quantitative estimate of drug-likeness (QED) is 0.850. The third-order valence-electron chi connectivity index (χ3n) is 3.57. The minimum Gasteiger partial charge on any atom is -0.381 e. The van der Waals surface area contributed by atoms with Gasteiger partial charge in [-0.1, -0.05) is 0 Å². The van der Waals surface area contributed by atoms with Gasteiger partial charge in [0.2, 0.25) is 0 Å². The molecule has 3 rings (SSSR count). The summed E-state index contributed by atoms with van der Waals surface area (Å²) in [6.45, 7) is 2.90.